The van der Waals surface area contributed by atoms with Gasteiger partial charge in [0, 0.05) is 113 Å². The number of rotatable bonds is 0. The van der Waals surface area contributed by atoms with Crippen LogP contribution >= 0.6 is 0 Å². The highest BCUT2D eigenvalue weighted by Crippen LogP contribution is 2.48. The summed E-state index contributed by atoms with van der Waals surface area (Å²) in [5, 5.41) is 145. The summed E-state index contributed by atoms with van der Waals surface area (Å²) >= 11 is 0. The summed E-state index contributed by atoms with van der Waals surface area (Å²) < 4.78 is 0. The van der Waals surface area contributed by atoms with Crippen LogP contribution in [-0.4, -0.2) is 169 Å². The highest BCUT2D eigenvalue weighted by Gasteiger charge is 2.43. The van der Waals surface area contributed by atoms with Crippen LogP contribution in [0, 0.1) is 6.92 Å². The van der Waals surface area contributed by atoms with E-state index in [1.165, 1.54) is 127 Å². The molecule has 0 atom stereocenters. The molecule has 0 aliphatic heterocycles. The Morgan fingerprint density at radius 1 is 0.166 bits per heavy atom. The number of ketones is 16. The third-order valence-corrected chi connectivity index (χ3v) is 24.1. The Hall–Kier alpha value is -21.2. The lowest BCUT2D eigenvalue weighted by Gasteiger charge is -2.21. The van der Waals surface area contributed by atoms with E-state index >= 15 is 0 Å². The smallest absolute Gasteiger partial charge is 0.209 e. The normalized spacial score (nSPS) is 13.3. The third-order valence-electron chi connectivity index (χ3n) is 24.1. The molecule has 15 aromatic rings. The maximum atomic E-state index is 12.5. The minimum absolute atomic E-state index is 0.000556. The largest absolute Gasteiger partial charge is 0.508 e. The van der Waals surface area contributed by atoms with Gasteiger partial charge in [0.2, 0.25) is 23.1 Å². The highest BCUT2D eigenvalue weighted by molar-refractivity contribution is 6.37. The van der Waals surface area contributed by atoms with Crippen LogP contribution in [0.3, 0.4) is 0 Å². The first-order valence-corrected chi connectivity index (χ1v) is 42.6. The molecule has 8 aliphatic rings. The lowest BCUT2D eigenvalue weighted by atomic mass is 9.81. The van der Waals surface area contributed by atoms with Gasteiger partial charge in [-0.3, -0.25) is 76.7 Å². The first-order chi connectivity index (χ1) is 68.9. The Labute approximate surface area is 813 Å². The van der Waals surface area contributed by atoms with E-state index in [1.54, 1.807) is 97.9 Å². The van der Waals surface area contributed by atoms with Gasteiger partial charge in [-0.1, -0.05) is 121 Å². The Morgan fingerprint density at radius 3 is 0.793 bits per heavy atom. The van der Waals surface area contributed by atoms with Crippen LogP contribution in [0.4, 0.5) is 22.7 Å². The van der Waals surface area contributed by atoms with Crippen LogP contribution in [0.2, 0.25) is 0 Å². The summed E-state index contributed by atoms with van der Waals surface area (Å²) in [7, 11) is 0. The van der Waals surface area contributed by atoms with Gasteiger partial charge in [-0.25, -0.2) is 0 Å². The van der Waals surface area contributed by atoms with E-state index in [2.05, 4.69) is 0 Å². The number of fused-ring (bicyclic) bond motifs is 15. The van der Waals surface area contributed by atoms with Gasteiger partial charge in [0.15, 0.2) is 92.4 Å². The molecule has 0 aromatic heterocycles. The summed E-state index contributed by atoms with van der Waals surface area (Å²) in [5.74, 6) is -13.5. The van der Waals surface area contributed by atoms with E-state index in [0.29, 0.717) is 33.4 Å². The summed E-state index contributed by atoms with van der Waals surface area (Å²) in [6, 6.07) is 57.4. The quantitative estimate of drug-likeness (QED) is 0.0381. The van der Waals surface area contributed by atoms with E-state index in [4.69, 9.17) is 28.7 Å². The van der Waals surface area contributed by atoms with E-state index in [1.807, 2.05) is 0 Å². The average molecular weight is 1940 g/mol. The van der Waals surface area contributed by atoms with Crippen LogP contribution in [0.15, 0.2) is 254 Å². The number of phenolic OH excluding ortho intramolecular Hbond substituents is 15. The van der Waals surface area contributed by atoms with Crippen molar-refractivity contribution in [3.8, 4) is 86.2 Å². The van der Waals surface area contributed by atoms with Crippen LogP contribution < -0.4 is 28.7 Å². The van der Waals surface area contributed by atoms with Gasteiger partial charge in [-0.15, -0.1) is 0 Å². The molecule has 0 saturated heterocycles. The standard InChI is InChI=1S/C15H10O5.C14H10N2O4.C14H10N2O2.C14H8O6.3C14H8O4.C10H7NO2/c1-6-2-8-12(10(17)3-6)15(20)13-9(14(8)19)4-7(16)5-11(13)18;15-5-1-3-7(17)11-9(5)13(19)10-6(16)2-4-8(18)12(10)14(11)20;15-9-5-6-10(16)12-11(9)13(17)7-3-1-2-4-8(7)14(12)18;15-6-3-4-7(16)11-10(6)12(18)5-1-2-8(17)13(19)9(5)14(11)20;15-9-5-1-3-7-11(9)14(18)8-4-2-6-10(16)12(8)13(7)17;15-9-5-6-10(16)12-11(9)13(17)7-3-1-2-4-8(7)14(12)18;15-10-6-5-9-11(14(10)18)13(17)8-4-2-1-3-7(8)12(9)16;11-8-5-9(12)6-3-1-2-4-7(6)10(8)13/h2-5,16-18H,1H3;1-4,17-18H,15-16H2;1-6H,15-16H2;1-4,15-17,19H;2*1-6,15-16H;1-6,15,18H;1-5H,11H2. The van der Waals surface area contributed by atoms with Crippen LogP contribution in [-0.2, 0) is 0 Å². The Bertz CT molecular complexity index is 7970. The fraction of sp³-hybridized carbons (Fsp3) is 0.00917. The monoisotopic (exact) mass is 1940 g/mol. The molecule has 0 heterocycles. The zero-order valence-corrected chi connectivity index (χ0v) is 74.3. The van der Waals surface area contributed by atoms with E-state index in [0.717, 1.165) is 30.3 Å². The second kappa shape index (κ2) is 37.3. The van der Waals surface area contributed by atoms with Crippen molar-refractivity contribution in [2.24, 2.45) is 5.73 Å². The van der Waals surface area contributed by atoms with Gasteiger partial charge in [0.25, 0.3) is 0 Å². The second-order valence-electron chi connectivity index (χ2n) is 32.8. The number of nitrogen functional groups attached to an aromatic ring is 4. The van der Waals surface area contributed by atoms with Gasteiger partial charge in [0.1, 0.15) is 63.2 Å². The van der Waals surface area contributed by atoms with Crippen LogP contribution in [0.1, 0.15) is 249 Å². The third kappa shape index (κ3) is 16.5. The van der Waals surface area contributed by atoms with Crippen molar-refractivity contribution in [1.29, 1.82) is 0 Å². The number of allylic oxidation sites excluding steroid dienone is 2. The zero-order valence-electron chi connectivity index (χ0n) is 74.3. The molecule has 0 saturated carbocycles. The molecule has 15 aromatic carbocycles. The molecule has 716 valence electrons. The van der Waals surface area contributed by atoms with E-state index < -0.39 is 104 Å². The van der Waals surface area contributed by atoms with Gasteiger partial charge in [-0.05, 0) is 128 Å². The van der Waals surface area contributed by atoms with Crippen LogP contribution in [0.5, 0.6) is 86.2 Å². The molecule has 0 radical (unpaired) electrons. The minimum atomic E-state index is -0.837. The molecule has 0 amide bonds. The predicted molar refractivity (Wildman–Crippen MR) is 513 cm³/mol. The summed E-state index contributed by atoms with van der Waals surface area (Å²) in [4.78, 5) is 195. The Balaban J connectivity index is 0.000000119. The predicted octanol–water partition coefficient (Wildman–Crippen LogP) is 12.4. The number of benzene rings is 15. The summed E-state index contributed by atoms with van der Waals surface area (Å²) in [6.07, 6.45) is 1.17. The molecular weight excluding hydrogens is 1880 g/mol. The number of nitrogens with two attached hydrogens (primary N) is 5. The highest BCUT2D eigenvalue weighted by atomic mass is 16.3. The number of hydrogen-bond acceptors (Lipinski definition) is 36. The average Bonchev–Trinajstić information content (AvgIpc) is 0.727. The van der Waals surface area contributed by atoms with Gasteiger partial charge >= 0.3 is 0 Å². The van der Waals surface area contributed by atoms with E-state index in [-0.39, 0.29) is 242 Å². The Kier molecular flexibility index (Phi) is 24.9. The number of Topliss-reactive ketones (excluding diaryl/α,β-unsaturated/α-hetero) is 1. The van der Waals surface area contributed by atoms with Gasteiger partial charge in [-0.2, -0.15) is 0 Å². The number of aromatic hydroxyl groups is 15. The van der Waals surface area contributed by atoms with Crippen molar-refractivity contribution in [1.82, 2.24) is 0 Å². The maximum Gasteiger partial charge on any atom is 0.209 e. The lowest BCUT2D eigenvalue weighted by Crippen LogP contribution is -2.24. The molecule has 0 bridgehead atoms. The fourth-order valence-electron chi connectivity index (χ4n) is 17.4. The molecular formula is C109H69N5O31. The molecule has 25 N–H and O–H groups in total. The maximum absolute atomic E-state index is 12.5. The molecule has 23 rings (SSSR count). The number of carbonyl (C=O) groups excluding carboxylic acids is 16. The minimum Gasteiger partial charge on any atom is -0.508 e. The summed E-state index contributed by atoms with van der Waals surface area (Å²) in [5.41, 5.74) is 30.7. The molecule has 0 unspecified atom stereocenters. The fourth-order valence-corrected chi connectivity index (χ4v) is 17.4. The lowest BCUT2D eigenvalue weighted by molar-refractivity contribution is 0.0971. The van der Waals surface area contributed by atoms with Gasteiger partial charge < -0.3 is 105 Å². The van der Waals surface area contributed by atoms with Crippen molar-refractivity contribution < 1.29 is 153 Å². The number of carbonyl (C=O) groups is 16. The molecule has 0 spiro atoms. The number of anilines is 4. The first kappa shape index (κ1) is 96.9. The Morgan fingerprint density at radius 2 is 0.393 bits per heavy atom. The molecule has 36 nitrogen and oxygen atoms in total. The van der Waals surface area contributed by atoms with E-state index in [9.17, 15) is 153 Å². The molecule has 8 aliphatic carbocycles. The second-order valence-corrected chi connectivity index (χ2v) is 32.8. The number of phenols is 15. The first-order valence-electron chi connectivity index (χ1n) is 42.6. The van der Waals surface area contributed by atoms with Crippen LogP contribution in [0.25, 0.3) is 0 Å². The van der Waals surface area contributed by atoms with Crippen molar-refractivity contribution in [2.45, 2.75) is 6.92 Å². The summed E-state index contributed by atoms with van der Waals surface area (Å²) in [6.45, 7) is 1.69. The SMILES string of the molecule is Cc1cc(O)c2c(c1)C(=O)c1cc(O)cc(O)c1C2=O.NC1=CC(=O)c2ccccc2C1=O.Nc1ccc(N)c2c1C(=O)c1ccccc1C2=O.Nc1ccc(O)c2c1C(=O)c1c(N)ccc(O)c1C2=O.O=C1c2ccc(O)c(O)c2C(=O)c2c(O)ccc(O)c21.O=C1c2cccc(O)c2C(=O)c2cccc(O)c21.O=C1c2ccccc2C(=O)c2c(O)ccc(O)c21.O=C1c2ccccc2C(=O)c2c1ccc(O)c2O. The number of aryl methyl sites for hydroxylation is 1. The molecule has 36 heteroatoms. The van der Waals surface area contributed by atoms with Crippen molar-refractivity contribution >= 4 is 115 Å². The van der Waals surface area contributed by atoms with Gasteiger partial charge in [0.05, 0.1) is 94.7 Å². The van der Waals surface area contributed by atoms with Crippen molar-refractivity contribution in [3.05, 3.63) is 427 Å². The topological polar surface area (TPSA) is 707 Å². The van der Waals surface area contributed by atoms with Crippen molar-refractivity contribution in [3.63, 3.8) is 0 Å². The van der Waals surface area contributed by atoms with Crippen molar-refractivity contribution in [2.75, 3.05) is 22.9 Å². The molecule has 145 heavy (non-hydrogen) atoms. The molecule has 0 fully saturated rings. The number of hydrogen-bond donors (Lipinski definition) is 20. The zero-order chi connectivity index (χ0) is 105.